The molecule has 12 heteroatoms. The monoisotopic (exact) mass is 687 g/mol. The smallest absolute Gasteiger partial charge is 0.243 e. The van der Waals surface area contributed by atoms with E-state index in [1.54, 1.807) is 28.6 Å². The van der Waals surface area contributed by atoms with Crippen LogP contribution in [0.3, 0.4) is 0 Å². The first-order chi connectivity index (χ1) is 23.9. The van der Waals surface area contributed by atoms with E-state index >= 15 is 0 Å². The number of anilines is 2. The van der Waals surface area contributed by atoms with Gasteiger partial charge in [-0.25, -0.2) is 13.4 Å². The van der Waals surface area contributed by atoms with E-state index in [0.717, 1.165) is 81.3 Å². The SMILES string of the molecule is O=C1N([C@@H]2CCC[C@@H](OC3CCCCO3)C2)c2nc(NC3CCN(S(=O)(=O)c4cccc(OCc5ccccc5)c4)CC3)ncc2C12CC2. The van der Waals surface area contributed by atoms with Gasteiger partial charge in [-0.15, -0.1) is 0 Å². The molecule has 1 unspecified atom stereocenters. The number of nitrogens with one attached hydrogen (secondary N) is 1. The van der Waals surface area contributed by atoms with Crippen LogP contribution >= 0.6 is 0 Å². The summed E-state index contributed by atoms with van der Waals surface area (Å²) in [5, 5.41) is 3.47. The lowest BCUT2D eigenvalue weighted by atomic mass is 9.91. The number of fused-ring (bicyclic) bond motifs is 2. The molecule has 1 N–H and O–H groups in total. The van der Waals surface area contributed by atoms with Gasteiger partial charge in [-0.1, -0.05) is 36.4 Å². The lowest BCUT2D eigenvalue weighted by molar-refractivity contribution is -0.193. The highest BCUT2D eigenvalue weighted by atomic mass is 32.2. The number of nitrogens with zero attached hydrogens (tertiary/aromatic N) is 4. The third-order valence-corrected chi connectivity index (χ3v) is 12.7. The standard InChI is InChI=1S/C37H45N5O6S/c43-35-37(17-18-37)32-24-38-36(40-34(32)42(35)28-10-6-12-30(22-28)48-33-14-4-5-21-46-33)39-27-15-19-41(20-16-27)49(44,45)31-13-7-11-29(23-31)47-25-26-8-2-1-3-9-26/h1-3,7-9,11,13,23-24,27-28,30,33H,4-6,10,12,14-22,25H2,(H,38,39,40)/t28-,30-,33?/m1/s1. The number of carbonyl (C=O) groups excluding carboxylic acids is 1. The van der Waals surface area contributed by atoms with Crippen LogP contribution in [0.5, 0.6) is 5.75 Å². The second-order valence-electron chi connectivity index (χ2n) is 14.1. The molecular formula is C37H45N5O6S. The maximum atomic E-state index is 13.9. The molecule has 4 heterocycles. The number of rotatable bonds is 10. The molecule has 4 fully saturated rings. The third-order valence-electron chi connectivity index (χ3n) is 10.8. The highest BCUT2D eigenvalue weighted by Gasteiger charge is 2.61. The number of piperidine rings is 1. The molecule has 0 bridgehead atoms. The highest BCUT2D eigenvalue weighted by Crippen LogP contribution is 2.57. The summed E-state index contributed by atoms with van der Waals surface area (Å²) in [6.07, 6.45) is 11.5. The summed E-state index contributed by atoms with van der Waals surface area (Å²) in [4.78, 5) is 25.7. The predicted molar refractivity (Wildman–Crippen MR) is 184 cm³/mol. The molecule has 3 aromatic rings. The van der Waals surface area contributed by atoms with Crippen LogP contribution in [-0.4, -0.2) is 72.8 Å². The minimum atomic E-state index is -3.69. The van der Waals surface area contributed by atoms with Crippen LogP contribution in [0.15, 0.2) is 65.7 Å². The topological polar surface area (TPSA) is 123 Å². The van der Waals surface area contributed by atoms with Crippen molar-refractivity contribution >= 4 is 27.7 Å². The molecule has 2 saturated heterocycles. The minimum absolute atomic E-state index is 0.00781. The van der Waals surface area contributed by atoms with Crippen molar-refractivity contribution in [3.8, 4) is 5.75 Å². The number of hydrogen-bond donors (Lipinski definition) is 1. The van der Waals surface area contributed by atoms with Gasteiger partial charge in [0.05, 0.1) is 16.4 Å². The van der Waals surface area contributed by atoms with Crippen LogP contribution < -0.4 is 15.0 Å². The fourth-order valence-corrected chi connectivity index (χ4v) is 9.41. The number of carbonyl (C=O) groups is 1. The molecule has 1 aromatic heterocycles. The molecule has 1 amide bonds. The zero-order chi connectivity index (χ0) is 33.4. The van der Waals surface area contributed by atoms with Crippen LogP contribution in [0.1, 0.15) is 81.8 Å². The number of sulfonamides is 1. The molecule has 0 radical (unpaired) electrons. The Morgan fingerprint density at radius 3 is 2.57 bits per heavy atom. The zero-order valence-corrected chi connectivity index (χ0v) is 28.7. The first-order valence-electron chi connectivity index (χ1n) is 17.9. The largest absolute Gasteiger partial charge is 0.489 e. The van der Waals surface area contributed by atoms with Gasteiger partial charge in [0.15, 0.2) is 6.29 Å². The van der Waals surface area contributed by atoms with Crippen LogP contribution in [0.25, 0.3) is 0 Å². The number of benzene rings is 2. The highest BCUT2D eigenvalue weighted by molar-refractivity contribution is 7.89. The zero-order valence-electron chi connectivity index (χ0n) is 27.8. The van der Waals surface area contributed by atoms with E-state index in [1.165, 1.54) is 0 Å². The second kappa shape index (κ2) is 13.6. The lowest BCUT2D eigenvalue weighted by Gasteiger charge is -2.37. The molecular weight excluding hydrogens is 643 g/mol. The maximum absolute atomic E-state index is 13.9. The molecule has 2 saturated carbocycles. The molecule has 11 nitrogen and oxygen atoms in total. The van der Waals surface area contributed by atoms with Crippen molar-refractivity contribution in [2.24, 2.45) is 0 Å². The Bertz CT molecular complexity index is 1760. The molecule has 49 heavy (non-hydrogen) atoms. The van der Waals surface area contributed by atoms with Gasteiger partial charge in [-0.2, -0.15) is 9.29 Å². The maximum Gasteiger partial charge on any atom is 0.243 e. The lowest BCUT2D eigenvalue weighted by Crippen LogP contribution is -2.45. The molecule has 3 aliphatic heterocycles. The van der Waals surface area contributed by atoms with Gasteiger partial charge >= 0.3 is 0 Å². The molecule has 1 spiro atoms. The van der Waals surface area contributed by atoms with E-state index in [2.05, 4.69) is 10.3 Å². The Morgan fingerprint density at radius 1 is 0.959 bits per heavy atom. The Kier molecular flexibility index (Phi) is 9.06. The summed E-state index contributed by atoms with van der Waals surface area (Å²) >= 11 is 0. The Balaban J connectivity index is 0.907. The van der Waals surface area contributed by atoms with Gasteiger partial charge in [0.25, 0.3) is 0 Å². The van der Waals surface area contributed by atoms with Crippen molar-refractivity contribution in [3.63, 3.8) is 0 Å². The summed E-state index contributed by atoms with van der Waals surface area (Å²) in [5.74, 6) is 1.89. The van der Waals surface area contributed by atoms with Crippen molar-refractivity contribution in [1.82, 2.24) is 14.3 Å². The van der Waals surface area contributed by atoms with Gasteiger partial charge in [0.1, 0.15) is 18.2 Å². The molecule has 2 aliphatic carbocycles. The Morgan fingerprint density at radius 2 is 1.80 bits per heavy atom. The van der Waals surface area contributed by atoms with Crippen LogP contribution in [0.4, 0.5) is 11.8 Å². The summed E-state index contributed by atoms with van der Waals surface area (Å²) in [5.41, 5.74) is 1.48. The first kappa shape index (κ1) is 32.6. The Labute approximate surface area is 288 Å². The second-order valence-corrected chi connectivity index (χ2v) is 16.1. The van der Waals surface area contributed by atoms with E-state index in [9.17, 15) is 13.2 Å². The van der Waals surface area contributed by atoms with Crippen LogP contribution in [0, 0.1) is 0 Å². The predicted octanol–water partition coefficient (Wildman–Crippen LogP) is 5.55. The molecule has 5 aliphatic rings. The summed E-state index contributed by atoms with van der Waals surface area (Å²) < 4.78 is 46.9. The van der Waals surface area contributed by atoms with E-state index < -0.39 is 15.4 Å². The van der Waals surface area contributed by atoms with Gasteiger partial charge in [0.2, 0.25) is 21.9 Å². The Hall–Kier alpha value is -3.58. The summed E-state index contributed by atoms with van der Waals surface area (Å²) in [6.45, 7) is 1.87. The van der Waals surface area contributed by atoms with Gasteiger partial charge in [-0.3, -0.25) is 9.69 Å². The molecule has 8 rings (SSSR count). The third kappa shape index (κ3) is 6.68. The summed E-state index contributed by atoms with van der Waals surface area (Å²) in [6, 6.07) is 16.6. The first-order valence-corrected chi connectivity index (χ1v) is 19.3. The van der Waals surface area contributed by atoms with Gasteiger partial charge in [0, 0.05) is 49.6 Å². The van der Waals surface area contributed by atoms with E-state index in [1.807, 2.05) is 41.4 Å². The molecule has 3 atom stereocenters. The van der Waals surface area contributed by atoms with Gasteiger partial charge in [-0.05, 0) is 88.3 Å². The summed E-state index contributed by atoms with van der Waals surface area (Å²) in [7, 11) is -3.69. The van der Waals surface area contributed by atoms with E-state index in [4.69, 9.17) is 19.2 Å². The average Bonchev–Trinajstić information content (AvgIpc) is 3.90. The normalized spacial score (nSPS) is 25.7. The van der Waals surface area contributed by atoms with Crippen LogP contribution in [-0.2, 0) is 36.3 Å². The van der Waals surface area contributed by atoms with E-state index in [0.29, 0.717) is 44.2 Å². The van der Waals surface area contributed by atoms with Crippen molar-refractivity contribution in [1.29, 1.82) is 0 Å². The average molecular weight is 688 g/mol. The van der Waals surface area contributed by atoms with E-state index in [-0.39, 0.29) is 35.3 Å². The minimum Gasteiger partial charge on any atom is -0.489 e. The van der Waals surface area contributed by atoms with Crippen molar-refractivity contribution in [2.45, 2.75) is 112 Å². The van der Waals surface area contributed by atoms with Crippen molar-refractivity contribution in [3.05, 3.63) is 71.9 Å². The van der Waals surface area contributed by atoms with Crippen molar-refractivity contribution < 1.29 is 27.4 Å². The number of ether oxygens (including phenoxy) is 3. The van der Waals surface area contributed by atoms with Gasteiger partial charge < -0.3 is 19.5 Å². The molecule has 260 valence electrons. The number of hydrogen-bond acceptors (Lipinski definition) is 9. The van der Waals surface area contributed by atoms with Crippen molar-refractivity contribution in [2.75, 3.05) is 29.9 Å². The molecule has 2 aromatic carbocycles. The quantitative estimate of drug-likeness (QED) is 0.292. The number of amides is 1. The fraction of sp³-hybridized carbons (Fsp3) is 0.541. The fourth-order valence-electron chi connectivity index (χ4n) is 7.90. The number of aromatic nitrogens is 2. The van der Waals surface area contributed by atoms with Crippen LogP contribution in [0.2, 0.25) is 0 Å².